The Morgan fingerprint density at radius 2 is 1.67 bits per heavy atom. The molecule has 0 radical (unpaired) electrons. The summed E-state index contributed by atoms with van der Waals surface area (Å²) < 4.78 is 0. The van der Waals surface area contributed by atoms with Gasteiger partial charge >= 0.3 is 0 Å². The molecule has 2 atom stereocenters. The second kappa shape index (κ2) is 7.88. The van der Waals surface area contributed by atoms with E-state index in [1.165, 1.54) is 44.9 Å². The van der Waals surface area contributed by atoms with E-state index in [0.29, 0.717) is 29.8 Å². The number of piperidine rings is 1. The molecule has 2 unspecified atom stereocenters. The minimum absolute atomic E-state index is 0. The maximum atomic E-state index is 13.0. The lowest BCUT2D eigenvalue weighted by Crippen LogP contribution is -2.42. The Balaban J connectivity index is 0.00000169. The third-order valence-electron chi connectivity index (χ3n) is 6.07. The predicted octanol–water partition coefficient (Wildman–Crippen LogP) is 4.16. The van der Waals surface area contributed by atoms with Crippen LogP contribution in [0.4, 0.5) is 5.69 Å². The van der Waals surface area contributed by atoms with Crippen molar-refractivity contribution in [2.75, 3.05) is 11.4 Å². The number of hydrogen-bond donors (Lipinski definition) is 1. The first-order valence-electron chi connectivity index (χ1n) is 9.39. The van der Waals surface area contributed by atoms with Gasteiger partial charge in [0.05, 0.1) is 0 Å². The summed E-state index contributed by atoms with van der Waals surface area (Å²) in [6, 6.07) is 11.6. The Morgan fingerprint density at radius 1 is 1.00 bits per heavy atom. The molecule has 0 aromatic heterocycles. The molecule has 24 heavy (non-hydrogen) atoms. The molecule has 132 valence electrons. The van der Waals surface area contributed by atoms with Gasteiger partial charge in [-0.15, -0.1) is 12.4 Å². The highest BCUT2D eigenvalue weighted by molar-refractivity contribution is 5.93. The third-order valence-corrected chi connectivity index (χ3v) is 6.07. The van der Waals surface area contributed by atoms with Crippen LogP contribution in [-0.2, 0) is 4.79 Å². The monoisotopic (exact) mass is 348 g/mol. The highest BCUT2D eigenvalue weighted by atomic mass is 35.5. The fourth-order valence-electron chi connectivity index (χ4n) is 4.59. The van der Waals surface area contributed by atoms with Crippen LogP contribution in [0.25, 0.3) is 0 Å². The SMILES string of the molecule is Cl.O=C(CC1CC2CCC(C1)N2)N(CC1CCC1)c1ccccc1. The molecule has 2 aliphatic heterocycles. The van der Waals surface area contributed by atoms with E-state index in [0.717, 1.165) is 18.7 Å². The molecule has 0 spiro atoms. The predicted molar refractivity (Wildman–Crippen MR) is 101 cm³/mol. The molecule has 2 heterocycles. The number of amides is 1. The standard InChI is InChI=1S/C20H28N2O.ClH/c23-20(13-16-11-17-9-10-18(12-16)21-17)22(14-15-5-4-6-15)19-7-2-1-3-8-19;/h1-3,7-8,15-18,21H,4-6,9-14H2;1H. The van der Waals surface area contributed by atoms with Crippen molar-refractivity contribution in [2.24, 2.45) is 11.8 Å². The maximum absolute atomic E-state index is 13.0. The van der Waals surface area contributed by atoms with Crippen molar-refractivity contribution in [3.05, 3.63) is 30.3 Å². The molecule has 1 N–H and O–H groups in total. The summed E-state index contributed by atoms with van der Waals surface area (Å²) in [5, 5.41) is 3.68. The van der Waals surface area contributed by atoms with Crippen LogP contribution in [0.15, 0.2) is 30.3 Å². The number of carbonyl (C=O) groups is 1. The third kappa shape index (κ3) is 3.94. The molecule has 2 saturated heterocycles. The topological polar surface area (TPSA) is 32.3 Å². The Kier molecular flexibility index (Phi) is 5.83. The molecule has 1 aromatic rings. The largest absolute Gasteiger partial charge is 0.312 e. The van der Waals surface area contributed by atoms with Crippen LogP contribution in [0.3, 0.4) is 0 Å². The number of anilines is 1. The lowest BCUT2D eigenvalue weighted by atomic mass is 9.84. The second-order valence-electron chi connectivity index (χ2n) is 7.82. The molecule has 4 heteroatoms. The van der Waals surface area contributed by atoms with Crippen LogP contribution in [0.5, 0.6) is 0 Å². The molecule has 3 fully saturated rings. The highest BCUT2D eigenvalue weighted by Gasteiger charge is 2.35. The van der Waals surface area contributed by atoms with Crippen molar-refractivity contribution in [3.63, 3.8) is 0 Å². The zero-order valence-corrected chi connectivity index (χ0v) is 15.1. The molecule has 2 bridgehead atoms. The first-order valence-corrected chi connectivity index (χ1v) is 9.39. The highest BCUT2D eigenvalue weighted by Crippen LogP contribution is 2.34. The lowest BCUT2D eigenvalue weighted by Gasteiger charge is -2.34. The van der Waals surface area contributed by atoms with E-state index in [2.05, 4.69) is 22.3 Å². The average Bonchev–Trinajstić information content (AvgIpc) is 2.86. The zero-order chi connectivity index (χ0) is 15.6. The van der Waals surface area contributed by atoms with E-state index in [9.17, 15) is 4.79 Å². The van der Waals surface area contributed by atoms with Gasteiger partial charge in [-0.05, 0) is 62.5 Å². The summed E-state index contributed by atoms with van der Waals surface area (Å²) in [5.41, 5.74) is 1.08. The van der Waals surface area contributed by atoms with Crippen molar-refractivity contribution >= 4 is 24.0 Å². The molecule has 1 saturated carbocycles. The molecule has 3 nitrogen and oxygen atoms in total. The van der Waals surface area contributed by atoms with E-state index >= 15 is 0 Å². The van der Waals surface area contributed by atoms with Crippen molar-refractivity contribution in [1.29, 1.82) is 0 Å². The van der Waals surface area contributed by atoms with Gasteiger partial charge in [-0.25, -0.2) is 0 Å². The zero-order valence-electron chi connectivity index (χ0n) is 14.3. The molecule has 1 aliphatic carbocycles. The molecule has 1 aromatic carbocycles. The van der Waals surface area contributed by atoms with E-state index in [1.807, 2.05) is 18.2 Å². The second-order valence-corrected chi connectivity index (χ2v) is 7.82. The van der Waals surface area contributed by atoms with Crippen molar-refractivity contribution < 1.29 is 4.79 Å². The fraction of sp³-hybridized carbons (Fsp3) is 0.650. The summed E-state index contributed by atoms with van der Waals surface area (Å²) in [6.45, 7) is 0.917. The van der Waals surface area contributed by atoms with E-state index in [4.69, 9.17) is 0 Å². The van der Waals surface area contributed by atoms with Crippen LogP contribution in [0, 0.1) is 11.8 Å². The number of halogens is 1. The minimum atomic E-state index is 0. The smallest absolute Gasteiger partial charge is 0.227 e. The maximum Gasteiger partial charge on any atom is 0.227 e. The molecular weight excluding hydrogens is 320 g/mol. The van der Waals surface area contributed by atoms with Gasteiger partial charge in [0.2, 0.25) is 5.91 Å². The van der Waals surface area contributed by atoms with Gasteiger partial charge < -0.3 is 10.2 Å². The van der Waals surface area contributed by atoms with Crippen LogP contribution < -0.4 is 10.2 Å². The summed E-state index contributed by atoms with van der Waals surface area (Å²) in [4.78, 5) is 15.1. The Bertz CT molecular complexity index is 534. The number of hydrogen-bond acceptors (Lipinski definition) is 2. The summed E-state index contributed by atoms with van der Waals surface area (Å²) >= 11 is 0. The number of benzene rings is 1. The summed E-state index contributed by atoms with van der Waals surface area (Å²) in [6.07, 6.45) is 9.62. The van der Waals surface area contributed by atoms with Crippen molar-refractivity contribution in [1.82, 2.24) is 5.32 Å². The Hall–Kier alpha value is -1.06. The number of nitrogens with one attached hydrogen (secondary N) is 1. The van der Waals surface area contributed by atoms with Gasteiger partial charge in [-0.1, -0.05) is 24.6 Å². The summed E-state index contributed by atoms with van der Waals surface area (Å²) in [5.74, 6) is 1.63. The number of nitrogens with zero attached hydrogens (tertiary/aromatic N) is 1. The first-order chi connectivity index (χ1) is 11.3. The van der Waals surface area contributed by atoms with Crippen LogP contribution >= 0.6 is 12.4 Å². The van der Waals surface area contributed by atoms with E-state index in [-0.39, 0.29) is 12.4 Å². The van der Waals surface area contributed by atoms with E-state index in [1.54, 1.807) is 0 Å². The van der Waals surface area contributed by atoms with Gasteiger partial charge in [-0.3, -0.25) is 4.79 Å². The van der Waals surface area contributed by atoms with Gasteiger partial charge in [0.1, 0.15) is 0 Å². The minimum Gasteiger partial charge on any atom is -0.312 e. The molecule has 4 rings (SSSR count). The lowest BCUT2D eigenvalue weighted by molar-refractivity contribution is -0.120. The Labute approximate surface area is 151 Å². The number of carbonyl (C=O) groups excluding carboxylic acids is 1. The number of rotatable bonds is 5. The first kappa shape index (κ1) is 17.8. The molecule has 3 aliphatic rings. The van der Waals surface area contributed by atoms with Gasteiger partial charge in [0.25, 0.3) is 0 Å². The number of para-hydroxylation sites is 1. The van der Waals surface area contributed by atoms with Gasteiger partial charge in [0, 0.05) is 30.7 Å². The summed E-state index contributed by atoms with van der Waals surface area (Å²) in [7, 11) is 0. The van der Waals surface area contributed by atoms with Crippen LogP contribution in [0.2, 0.25) is 0 Å². The fourth-order valence-corrected chi connectivity index (χ4v) is 4.59. The number of fused-ring (bicyclic) bond motifs is 2. The van der Waals surface area contributed by atoms with E-state index < -0.39 is 0 Å². The van der Waals surface area contributed by atoms with Gasteiger partial charge in [0.15, 0.2) is 0 Å². The van der Waals surface area contributed by atoms with Crippen LogP contribution in [-0.4, -0.2) is 24.5 Å². The van der Waals surface area contributed by atoms with Crippen molar-refractivity contribution in [2.45, 2.75) is 63.5 Å². The normalized spacial score (nSPS) is 28.8. The molecule has 1 amide bonds. The quantitative estimate of drug-likeness (QED) is 0.866. The average molecular weight is 349 g/mol. The van der Waals surface area contributed by atoms with Crippen LogP contribution in [0.1, 0.15) is 51.4 Å². The molecular formula is C20H29ClN2O. The van der Waals surface area contributed by atoms with Crippen molar-refractivity contribution in [3.8, 4) is 0 Å². The Morgan fingerprint density at radius 3 is 2.25 bits per heavy atom. The van der Waals surface area contributed by atoms with Gasteiger partial charge in [-0.2, -0.15) is 0 Å².